The Kier molecular flexibility index (Phi) is 6.36. The van der Waals surface area contributed by atoms with Crippen molar-refractivity contribution in [3.8, 4) is 6.07 Å². The first kappa shape index (κ1) is 19.0. The standard InChI is InChI=1S/C14H13N7O3S2/c15-7-6-12(22)19-20-14(25)18-10-2-4-11(5-3-10)26(23,24)21-13-16-8-1-9-17-13/h1-5,8-9H,6H2,(H,19,22)(H,16,17,21)(H2,18,20,25). The smallest absolute Gasteiger partial charge is 0.264 e. The van der Waals surface area contributed by atoms with Gasteiger partial charge < -0.3 is 5.32 Å². The predicted molar refractivity (Wildman–Crippen MR) is 97.0 cm³/mol. The predicted octanol–water partition coefficient (Wildman–Crippen LogP) is 0.509. The zero-order valence-electron chi connectivity index (χ0n) is 13.1. The van der Waals surface area contributed by atoms with Gasteiger partial charge >= 0.3 is 0 Å². The molecule has 0 saturated heterocycles. The highest BCUT2D eigenvalue weighted by atomic mass is 32.2. The Morgan fingerprint density at radius 2 is 1.81 bits per heavy atom. The number of aromatic nitrogens is 2. The maximum absolute atomic E-state index is 12.3. The van der Waals surface area contributed by atoms with E-state index in [2.05, 4.69) is 30.9 Å². The number of hydrazine groups is 1. The molecule has 1 amide bonds. The van der Waals surface area contributed by atoms with Crippen LogP contribution in [0.25, 0.3) is 0 Å². The summed E-state index contributed by atoms with van der Waals surface area (Å²) in [5.41, 5.74) is 5.14. The topological polar surface area (TPSA) is 149 Å². The van der Waals surface area contributed by atoms with Crippen LogP contribution in [0.3, 0.4) is 0 Å². The van der Waals surface area contributed by atoms with Crippen molar-refractivity contribution < 1.29 is 13.2 Å². The molecule has 10 nitrogen and oxygen atoms in total. The Morgan fingerprint density at radius 3 is 2.42 bits per heavy atom. The number of nitriles is 1. The van der Waals surface area contributed by atoms with Crippen molar-refractivity contribution in [1.82, 2.24) is 20.8 Å². The molecule has 0 saturated carbocycles. The molecule has 4 N–H and O–H groups in total. The van der Waals surface area contributed by atoms with Crippen LogP contribution in [0.1, 0.15) is 6.42 Å². The number of hydrogen-bond donors (Lipinski definition) is 4. The average Bonchev–Trinajstić information content (AvgIpc) is 2.61. The maximum atomic E-state index is 12.3. The Bertz CT molecular complexity index is 925. The van der Waals surface area contributed by atoms with Crippen molar-refractivity contribution >= 4 is 44.9 Å². The van der Waals surface area contributed by atoms with E-state index in [9.17, 15) is 13.2 Å². The monoisotopic (exact) mass is 391 g/mol. The van der Waals surface area contributed by atoms with Crippen molar-refractivity contribution in [1.29, 1.82) is 5.26 Å². The van der Waals surface area contributed by atoms with E-state index in [1.54, 1.807) is 12.1 Å². The number of thiocarbonyl (C=S) groups is 1. The first-order chi connectivity index (χ1) is 12.4. The van der Waals surface area contributed by atoms with Gasteiger partial charge in [-0.05, 0) is 42.5 Å². The van der Waals surface area contributed by atoms with Crippen LogP contribution in [0, 0.1) is 11.3 Å². The number of amides is 1. The number of anilines is 2. The number of rotatable bonds is 5. The summed E-state index contributed by atoms with van der Waals surface area (Å²) in [5.74, 6) is -0.569. The SMILES string of the molecule is N#CCC(=O)NNC(=S)Nc1ccc(S(=O)(=O)Nc2ncccn2)cc1. The molecule has 0 unspecified atom stereocenters. The summed E-state index contributed by atoms with van der Waals surface area (Å²) >= 11 is 4.96. The third-order valence-electron chi connectivity index (χ3n) is 2.77. The minimum Gasteiger partial charge on any atom is -0.331 e. The molecule has 134 valence electrons. The molecule has 0 fully saturated rings. The second kappa shape index (κ2) is 8.70. The lowest BCUT2D eigenvalue weighted by Gasteiger charge is -2.11. The molecule has 0 spiro atoms. The zero-order chi connectivity index (χ0) is 19.0. The summed E-state index contributed by atoms with van der Waals surface area (Å²) in [6.45, 7) is 0. The lowest BCUT2D eigenvalue weighted by atomic mass is 10.3. The fraction of sp³-hybridized carbons (Fsp3) is 0.0714. The van der Waals surface area contributed by atoms with Crippen LogP contribution < -0.4 is 20.9 Å². The third-order valence-corrected chi connectivity index (χ3v) is 4.32. The molecular weight excluding hydrogens is 378 g/mol. The lowest BCUT2D eigenvalue weighted by molar-refractivity contribution is -0.120. The Hall–Kier alpha value is -3.30. The highest BCUT2D eigenvalue weighted by Crippen LogP contribution is 2.16. The number of carbonyl (C=O) groups excluding carboxylic acids is 1. The van der Waals surface area contributed by atoms with Crippen LogP contribution in [0.2, 0.25) is 0 Å². The van der Waals surface area contributed by atoms with Crippen molar-refractivity contribution in [2.75, 3.05) is 10.0 Å². The minimum absolute atomic E-state index is 0.0108. The second-order valence-corrected chi connectivity index (χ2v) is 6.76. The minimum atomic E-state index is -3.83. The Balaban J connectivity index is 1.96. The molecular formula is C14H13N7O3S2. The summed E-state index contributed by atoms with van der Waals surface area (Å²) in [5, 5.41) is 11.2. The number of hydrogen-bond acceptors (Lipinski definition) is 7. The van der Waals surface area contributed by atoms with Crippen molar-refractivity contribution in [2.24, 2.45) is 0 Å². The molecule has 0 aliphatic carbocycles. The molecule has 1 aromatic carbocycles. The van der Waals surface area contributed by atoms with E-state index in [0.717, 1.165) is 0 Å². The highest BCUT2D eigenvalue weighted by molar-refractivity contribution is 7.92. The van der Waals surface area contributed by atoms with E-state index >= 15 is 0 Å². The molecule has 0 aliphatic rings. The van der Waals surface area contributed by atoms with Gasteiger partial charge in [0.1, 0.15) is 6.42 Å². The molecule has 0 bridgehead atoms. The first-order valence-corrected chi connectivity index (χ1v) is 8.92. The largest absolute Gasteiger partial charge is 0.331 e. The van der Waals surface area contributed by atoms with Gasteiger partial charge in [0, 0.05) is 18.1 Å². The van der Waals surface area contributed by atoms with Gasteiger partial charge in [-0.25, -0.2) is 23.1 Å². The number of benzene rings is 1. The molecule has 0 aliphatic heterocycles. The van der Waals surface area contributed by atoms with Gasteiger partial charge in [-0.15, -0.1) is 0 Å². The van der Waals surface area contributed by atoms with Crippen LogP contribution in [0.15, 0.2) is 47.6 Å². The number of sulfonamides is 1. The van der Waals surface area contributed by atoms with Gasteiger partial charge in [-0.3, -0.25) is 15.6 Å². The van der Waals surface area contributed by atoms with E-state index in [1.165, 1.54) is 36.7 Å². The molecule has 0 atom stereocenters. The Morgan fingerprint density at radius 1 is 1.15 bits per heavy atom. The van der Waals surface area contributed by atoms with Gasteiger partial charge in [0.2, 0.25) is 5.95 Å². The van der Waals surface area contributed by atoms with Gasteiger partial charge in [-0.2, -0.15) is 5.26 Å². The molecule has 26 heavy (non-hydrogen) atoms. The molecule has 2 aromatic rings. The highest BCUT2D eigenvalue weighted by Gasteiger charge is 2.15. The average molecular weight is 391 g/mol. The number of carbonyl (C=O) groups is 1. The fourth-order valence-electron chi connectivity index (χ4n) is 1.65. The van der Waals surface area contributed by atoms with E-state index in [1.807, 2.05) is 0 Å². The summed E-state index contributed by atoms with van der Waals surface area (Å²) in [6, 6.07) is 8.97. The van der Waals surface area contributed by atoms with Crippen LogP contribution in [-0.4, -0.2) is 29.4 Å². The van der Waals surface area contributed by atoms with Gasteiger partial charge in [0.25, 0.3) is 15.9 Å². The summed E-state index contributed by atoms with van der Waals surface area (Å²) in [4.78, 5) is 18.7. The van der Waals surface area contributed by atoms with E-state index in [4.69, 9.17) is 17.5 Å². The van der Waals surface area contributed by atoms with Gasteiger partial charge in [0.15, 0.2) is 5.11 Å². The van der Waals surface area contributed by atoms with Gasteiger partial charge in [-0.1, -0.05) is 0 Å². The Labute approximate surface area is 154 Å². The van der Waals surface area contributed by atoms with Crippen LogP contribution in [-0.2, 0) is 14.8 Å². The molecule has 1 aromatic heterocycles. The van der Waals surface area contributed by atoms with E-state index in [-0.39, 0.29) is 22.4 Å². The summed E-state index contributed by atoms with van der Waals surface area (Å²) < 4.78 is 26.8. The molecule has 1 heterocycles. The molecule has 2 rings (SSSR count). The molecule has 12 heteroatoms. The zero-order valence-corrected chi connectivity index (χ0v) is 14.8. The summed E-state index contributed by atoms with van der Waals surface area (Å²) in [6.07, 6.45) is 2.53. The van der Waals surface area contributed by atoms with Crippen LogP contribution in [0.4, 0.5) is 11.6 Å². The van der Waals surface area contributed by atoms with Crippen molar-refractivity contribution in [2.45, 2.75) is 11.3 Å². The summed E-state index contributed by atoms with van der Waals surface area (Å²) in [7, 11) is -3.83. The number of nitrogens with one attached hydrogen (secondary N) is 4. The van der Waals surface area contributed by atoms with E-state index < -0.39 is 15.9 Å². The normalized spacial score (nSPS) is 10.3. The van der Waals surface area contributed by atoms with Crippen molar-refractivity contribution in [3.63, 3.8) is 0 Å². The van der Waals surface area contributed by atoms with Gasteiger partial charge in [0.05, 0.1) is 11.0 Å². The van der Waals surface area contributed by atoms with Crippen molar-refractivity contribution in [3.05, 3.63) is 42.7 Å². The van der Waals surface area contributed by atoms with Crippen LogP contribution >= 0.6 is 12.2 Å². The van der Waals surface area contributed by atoms with E-state index in [0.29, 0.717) is 5.69 Å². The second-order valence-electron chi connectivity index (χ2n) is 4.66. The quantitative estimate of drug-likeness (QED) is 0.422. The maximum Gasteiger partial charge on any atom is 0.264 e. The molecule has 0 radical (unpaired) electrons. The number of nitrogens with zero attached hydrogens (tertiary/aromatic N) is 3. The lowest BCUT2D eigenvalue weighted by Crippen LogP contribution is -2.43. The van der Waals surface area contributed by atoms with Crippen LogP contribution in [0.5, 0.6) is 0 Å². The first-order valence-electron chi connectivity index (χ1n) is 7.03. The fourth-order valence-corrected chi connectivity index (χ4v) is 2.78. The third kappa shape index (κ3) is 5.65.